The van der Waals surface area contributed by atoms with Gasteiger partial charge in [0.15, 0.2) is 0 Å². The van der Waals surface area contributed by atoms with Gasteiger partial charge in [-0.2, -0.15) is 0 Å². The lowest BCUT2D eigenvalue weighted by molar-refractivity contribution is -0.750. The number of nitrogens with zero attached hydrogens (tertiary/aromatic N) is 2. The molecule has 0 aliphatic carbocycles. The zero-order chi connectivity index (χ0) is 14.7. The van der Waals surface area contributed by atoms with E-state index in [-0.39, 0.29) is 12.5 Å². The molecular weight excluding hydrogens is 286 g/mol. The number of benzene rings is 1. The average Bonchev–Trinajstić information content (AvgIpc) is 2.78. The van der Waals surface area contributed by atoms with Crippen molar-refractivity contribution in [3.8, 4) is 11.7 Å². The molecule has 1 N–H and O–H groups in total. The Hall–Kier alpha value is -2.28. The normalized spacial score (nSPS) is 10.3. The molecule has 7 nitrogen and oxygen atoms in total. The summed E-state index contributed by atoms with van der Waals surface area (Å²) in [4.78, 5) is 11.9. The molecule has 106 valence electrons. The molecule has 0 unspecified atom stereocenters. The second-order valence-corrected chi connectivity index (χ2v) is 4.48. The van der Waals surface area contributed by atoms with E-state index in [1.807, 2.05) is 6.92 Å². The third kappa shape index (κ3) is 3.18. The highest BCUT2D eigenvalue weighted by Gasteiger charge is 2.15. The van der Waals surface area contributed by atoms with Crippen LogP contribution in [-0.2, 0) is 11.3 Å². The molecule has 0 aliphatic rings. The van der Waals surface area contributed by atoms with Gasteiger partial charge in [-0.15, -0.1) is 0 Å². The average molecular weight is 298 g/mol. The summed E-state index contributed by atoms with van der Waals surface area (Å²) in [6.07, 6.45) is 1.09. The molecule has 0 radical (unpaired) electrons. The monoisotopic (exact) mass is 297 g/mol. The highest BCUT2D eigenvalue weighted by molar-refractivity contribution is 6.31. The number of hydrogen-bond donors (Lipinski definition) is 1. The minimum atomic E-state index is -0.613. The second kappa shape index (κ2) is 5.79. The van der Waals surface area contributed by atoms with Crippen molar-refractivity contribution in [2.24, 2.45) is 0 Å². The highest BCUT2D eigenvalue weighted by Crippen LogP contribution is 2.30. The van der Waals surface area contributed by atoms with Crippen molar-refractivity contribution in [1.29, 1.82) is 0 Å². The molecule has 0 saturated heterocycles. The predicted molar refractivity (Wildman–Crippen MR) is 67.5 cm³/mol. The van der Waals surface area contributed by atoms with Crippen LogP contribution in [0.15, 0.2) is 22.9 Å². The molecule has 0 bridgehead atoms. The van der Waals surface area contributed by atoms with Crippen LogP contribution < -0.4 is 19.8 Å². The van der Waals surface area contributed by atoms with Crippen molar-refractivity contribution in [2.45, 2.75) is 13.5 Å². The molecule has 0 spiro atoms. The largest absolute Gasteiger partial charge is 0.539 e. The van der Waals surface area contributed by atoms with Crippen molar-refractivity contribution < 1.29 is 23.8 Å². The van der Waals surface area contributed by atoms with E-state index in [4.69, 9.17) is 16.3 Å². The van der Waals surface area contributed by atoms with E-state index in [2.05, 4.69) is 15.1 Å². The van der Waals surface area contributed by atoms with Crippen LogP contribution in [0.5, 0.6) is 11.7 Å². The zero-order valence-corrected chi connectivity index (χ0v) is 11.6. The second-order valence-electron chi connectivity index (χ2n) is 4.07. The van der Waals surface area contributed by atoms with Crippen LogP contribution in [0.2, 0.25) is 5.02 Å². The molecule has 2 rings (SSSR count). The van der Waals surface area contributed by atoms with Gasteiger partial charge in [-0.05, 0) is 18.6 Å². The fourth-order valence-electron chi connectivity index (χ4n) is 1.60. The number of aryl methyl sites for hydroxylation is 1. The Morgan fingerprint density at radius 3 is 2.95 bits per heavy atom. The maximum Gasteiger partial charge on any atom is 0.293 e. The maximum absolute atomic E-state index is 11.9. The number of carbonyl (C=O) groups excluding carboxylic acids is 1. The summed E-state index contributed by atoms with van der Waals surface area (Å²) in [5, 5.41) is 17.4. The first kappa shape index (κ1) is 14.1. The van der Waals surface area contributed by atoms with Crippen molar-refractivity contribution >= 4 is 23.2 Å². The van der Waals surface area contributed by atoms with E-state index in [0.29, 0.717) is 16.5 Å². The number of rotatable bonds is 4. The molecular formula is C12H12ClN3O4. The number of ether oxygens (including phenoxy) is 1. The Kier molecular flexibility index (Phi) is 4.09. The number of anilines is 1. The minimum Gasteiger partial charge on any atom is -0.539 e. The fourth-order valence-corrected chi connectivity index (χ4v) is 1.76. The molecule has 2 aromatic rings. The van der Waals surface area contributed by atoms with E-state index in [0.717, 1.165) is 16.4 Å². The van der Waals surface area contributed by atoms with Crippen LogP contribution in [-0.4, -0.2) is 18.3 Å². The topological polar surface area (TPSA) is 91.3 Å². The molecule has 20 heavy (non-hydrogen) atoms. The van der Waals surface area contributed by atoms with E-state index < -0.39 is 5.95 Å². The van der Waals surface area contributed by atoms with Gasteiger partial charge in [0.25, 0.3) is 12.5 Å². The van der Waals surface area contributed by atoms with Gasteiger partial charge in [-0.1, -0.05) is 16.3 Å². The van der Waals surface area contributed by atoms with Gasteiger partial charge in [-0.3, -0.25) is 4.79 Å². The lowest BCUT2D eigenvalue weighted by atomic mass is 10.2. The summed E-state index contributed by atoms with van der Waals surface area (Å²) < 4.78 is 10.6. The maximum atomic E-state index is 11.9. The zero-order valence-electron chi connectivity index (χ0n) is 10.8. The standard InChI is InChI=1S/C12H12ClN3O4/c1-7-3-9(10(19-2)4-8(7)13)14-11(17)5-16-6-12(18)20-15-16/h3-4,6H,5H2,1-2H3,(H-,14,15,17,18). The van der Waals surface area contributed by atoms with Crippen molar-refractivity contribution in [3.63, 3.8) is 0 Å². The van der Waals surface area contributed by atoms with Gasteiger partial charge in [-0.25, -0.2) is 0 Å². The quantitative estimate of drug-likeness (QED) is 0.836. The number of nitrogens with one attached hydrogen (secondary N) is 1. The lowest BCUT2D eigenvalue weighted by Gasteiger charge is -2.11. The fraction of sp³-hybridized carbons (Fsp3) is 0.250. The molecule has 0 fully saturated rings. The highest BCUT2D eigenvalue weighted by atomic mass is 35.5. The van der Waals surface area contributed by atoms with Crippen LogP contribution in [0.3, 0.4) is 0 Å². The summed E-state index contributed by atoms with van der Waals surface area (Å²) >= 11 is 5.98. The Balaban J connectivity index is 2.13. The number of hydrogen-bond acceptors (Lipinski definition) is 5. The van der Waals surface area contributed by atoms with E-state index in [1.165, 1.54) is 7.11 Å². The first-order valence-electron chi connectivity index (χ1n) is 5.67. The van der Waals surface area contributed by atoms with Gasteiger partial charge in [0.05, 0.1) is 18.1 Å². The van der Waals surface area contributed by atoms with Gasteiger partial charge in [0.1, 0.15) is 11.7 Å². The van der Waals surface area contributed by atoms with Gasteiger partial charge in [0.2, 0.25) is 6.20 Å². The summed E-state index contributed by atoms with van der Waals surface area (Å²) in [5.74, 6) is -0.537. The molecule has 1 aromatic carbocycles. The van der Waals surface area contributed by atoms with E-state index in [9.17, 15) is 9.90 Å². The SMILES string of the molecule is COc1cc(Cl)c(C)cc1NC(=O)C[n+]1cc([O-])on1. The molecule has 1 aromatic heterocycles. The molecule has 1 amide bonds. The van der Waals surface area contributed by atoms with Gasteiger partial charge < -0.3 is 19.7 Å². The summed E-state index contributed by atoms with van der Waals surface area (Å²) in [6, 6.07) is 3.32. The first-order valence-corrected chi connectivity index (χ1v) is 6.05. The van der Waals surface area contributed by atoms with Crippen molar-refractivity contribution in [1.82, 2.24) is 5.27 Å². The summed E-state index contributed by atoms with van der Waals surface area (Å²) in [5.41, 5.74) is 1.30. The van der Waals surface area contributed by atoms with Crippen molar-refractivity contribution in [2.75, 3.05) is 12.4 Å². The molecule has 0 saturated carbocycles. The smallest absolute Gasteiger partial charge is 0.293 e. The number of carbonyl (C=O) groups is 1. The Bertz CT molecular complexity index is 642. The molecule has 1 heterocycles. The Morgan fingerprint density at radius 1 is 1.60 bits per heavy atom. The van der Waals surface area contributed by atoms with Gasteiger partial charge in [0, 0.05) is 11.1 Å². The number of aromatic nitrogens is 2. The van der Waals surface area contributed by atoms with Crippen molar-refractivity contribution in [3.05, 3.63) is 28.9 Å². The van der Waals surface area contributed by atoms with Crippen LogP contribution in [0, 0.1) is 6.92 Å². The predicted octanol–water partition coefficient (Wildman–Crippen LogP) is 0.645. The third-order valence-electron chi connectivity index (χ3n) is 2.55. The molecule has 0 aliphatic heterocycles. The lowest BCUT2D eigenvalue weighted by Crippen LogP contribution is -2.41. The Labute approximate surface area is 119 Å². The number of amides is 1. The van der Waals surface area contributed by atoms with E-state index >= 15 is 0 Å². The van der Waals surface area contributed by atoms with Gasteiger partial charge >= 0.3 is 0 Å². The third-order valence-corrected chi connectivity index (χ3v) is 2.96. The Morgan fingerprint density at radius 2 is 2.35 bits per heavy atom. The number of methoxy groups -OCH3 is 1. The minimum absolute atomic E-state index is 0.142. The first-order chi connectivity index (χ1) is 9.49. The van der Waals surface area contributed by atoms with E-state index in [1.54, 1.807) is 12.1 Å². The molecule has 8 heteroatoms. The van der Waals surface area contributed by atoms with Crippen LogP contribution >= 0.6 is 11.6 Å². The van der Waals surface area contributed by atoms with Crippen LogP contribution in [0.4, 0.5) is 5.69 Å². The number of halogens is 1. The van der Waals surface area contributed by atoms with Crippen LogP contribution in [0.25, 0.3) is 0 Å². The summed E-state index contributed by atoms with van der Waals surface area (Å²) in [7, 11) is 1.48. The van der Waals surface area contributed by atoms with Crippen LogP contribution in [0.1, 0.15) is 5.56 Å². The summed E-state index contributed by atoms with van der Waals surface area (Å²) in [6.45, 7) is 1.67. The molecule has 0 atom stereocenters.